The van der Waals surface area contributed by atoms with Gasteiger partial charge in [0.25, 0.3) is 0 Å². The SMILES string of the molecule is COCCCCNC1CCC(C)CC1. The molecule has 1 fully saturated rings. The molecular formula is C12H25NO. The van der Waals surface area contributed by atoms with Gasteiger partial charge in [0.05, 0.1) is 0 Å². The minimum Gasteiger partial charge on any atom is -0.385 e. The van der Waals surface area contributed by atoms with Gasteiger partial charge in [0.2, 0.25) is 0 Å². The lowest BCUT2D eigenvalue weighted by Crippen LogP contribution is -2.33. The minimum absolute atomic E-state index is 0.800. The van der Waals surface area contributed by atoms with Crippen LogP contribution < -0.4 is 5.32 Å². The van der Waals surface area contributed by atoms with Crippen LogP contribution >= 0.6 is 0 Å². The molecule has 0 unspecified atom stereocenters. The predicted octanol–water partition coefficient (Wildman–Crippen LogP) is 2.58. The number of hydrogen-bond donors (Lipinski definition) is 1. The molecule has 2 nitrogen and oxygen atoms in total. The molecule has 1 saturated carbocycles. The summed E-state index contributed by atoms with van der Waals surface area (Å²) < 4.78 is 5.02. The van der Waals surface area contributed by atoms with Crippen LogP contribution in [0.2, 0.25) is 0 Å². The third-order valence-corrected chi connectivity index (χ3v) is 3.22. The Balaban J connectivity index is 1.91. The molecule has 0 radical (unpaired) electrons. The number of unbranched alkanes of at least 4 members (excludes halogenated alkanes) is 1. The van der Waals surface area contributed by atoms with E-state index >= 15 is 0 Å². The molecule has 14 heavy (non-hydrogen) atoms. The van der Waals surface area contributed by atoms with E-state index in [0.717, 1.165) is 18.6 Å². The molecule has 1 aliphatic rings. The van der Waals surface area contributed by atoms with Crippen molar-refractivity contribution in [2.24, 2.45) is 5.92 Å². The Morgan fingerprint density at radius 3 is 2.50 bits per heavy atom. The molecule has 1 aliphatic carbocycles. The fraction of sp³-hybridized carbons (Fsp3) is 1.00. The minimum atomic E-state index is 0.800. The van der Waals surface area contributed by atoms with E-state index in [4.69, 9.17) is 4.74 Å². The van der Waals surface area contributed by atoms with Crippen LogP contribution in [0.5, 0.6) is 0 Å². The van der Waals surface area contributed by atoms with Crippen LogP contribution in [-0.4, -0.2) is 26.3 Å². The normalized spacial score (nSPS) is 27.9. The van der Waals surface area contributed by atoms with Gasteiger partial charge in [-0.1, -0.05) is 6.92 Å². The predicted molar refractivity (Wildman–Crippen MR) is 60.5 cm³/mol. The Kier molecular flexibility index (Phi) is 6.20. The van der Waals surface area contributed by atoms with Crippen LogP contribution in [0.4, 0.5) is 0 Å². The summed E-state index contributed by atoms with van der Waals surface area (Å²) in [5.74, 6) is 0.960. The Morgan fingerprint density at radius 1 is 1.14 bits per heavy atom. The molecule has 1 rings (SSSR count). The van der Waals surface area contributed by atoms with Crippen LogP contribution in [0.3, 0.4) is 0 Å². The topological polar surface area (TPSA) is 21.3 Å². The molecule has 2 heteroatoms. The standard InChI is InChI=1S/C12H25NO/c1-11-5-7-12(8-6-11)13-9-3-4-10-14-2/h11-13H,3-10H2,1-2H3. The van der Waals surface area contributed by atoms with Crippen LogP contribution in [0.1, 0.15) is 45.4 Å². The zero-order chi connectivity index (χ0) is 10.2. The monoisotopic (exact) mass is 199 g/mol. The highest BCUT2D eigenvalue weighted by atomic mass is 16.5. The van der Waals surface area contributed by atoms with E-state index in [2.05, 4.69) is 12.2 Å². The van der Waals surface area contributed by atoms with Gasteiger partial charge in [-0.25, -0.2) is 0 Å². The fourth-order valence-corrected chi connectivity index (χ4v) is 2.14. The smallest absolute Gasteiger partial charge is 0.0462 e. The first-order valence-corrected chi connectivity index (χ1v) is 6.05. The van der Waals surface area contributed by atoms with Crippen molar-refractivity contribution < 1.29 is 4.74 Å². The lowest BCUT2D eigenvalue weighted by Gasteiger charge is -2.27. The maximum absolute atomic E-state index is 5.02. The summed E-state index contributed by atoms with van der Waals surface area (Å²) in [5, 5.41) is 3.65. The molecule has 0 amide bonds. The Morgan fingerprint density at radius 2 is 1.86 bits per heavy atom. The molecule has 0 aromatic carbocycles. The van der Waals surface area contributed by atoms with Gasteiger partial charge in [-0.3, -0.25) is 0 Å². The van der Waals surface area contributed by atoms with Gasteiger partial charge in [-0.05, 0) is 51.0 Å². The fourth-order valence-electron chi connectivity index (χ4n) is 2.14. The van der Waals surface area contributed by atoms with Gasteiger partial charge in [-0.15, -0.1) is 0 Å². The van der Waals surface area contributed by atoms with Crippen LogP contribution in [0, 0.1) is 5.92 Å². The van der Waals surface area contributed by atoms with E-state index < -0.39 is 0 Å². The highest BCUT2D eigenvalue weighted by Gasteiger charge is 2.16. The van der Waals surface area contributed by atoms with Crippen molar-refractivity contribution in [2.45, 2.75) is 51.5 Å². The Bertz CT molecular complexity index is 130. The third kappa shape index (κ3) is 4.97. The van der Waals surface area contributed by atoms with Crippen molar-refractivity contribution >= 4 is 0 Å². The number of ether oxygens (including phenoxy) is 1. The van der Waals surface area contributed by atoms with Crippen molar-refractivity contribution in [1.82, 2.24) is 5.32 Å². The summed E-state index contributed by atoms with van der Waals surface area (Å²) in [7, 11) is 1.77. The number of methoxy groups -OCH3 is 1. The summed E-state index contributed by atoms with van der Waals surface area (Å²) in [6.45, 7) is 4.45. The molecule has 0 saturated heterocycles. The van der Waals surface area contributed by atoms with Crippen LogP contribution in [0.25, 0.3) is 0 Å². The first-order valence-electron chi connectivity index (χ1n) is 6.05. The molecule has 0 aromatic rings. The molecule has 0 spiro atoms. The van der Waals surface area contributed by atoms with Gasteiger partial charge in [-0.2, -0.15) is 0 Å². The molecule has 0 atom stereocenters. The summed E-state index contributed by atoms with van der Waals surface area (Å²) in [6, 6.07) is 0.800. The van der Waals surface area contributed by atoms with Crippen molar-refractivity contribution in [2.75, 3.05) is 20.3 Å². The van der Waals surface area contributed by atoms with Gasteiger partial charge in [0, 0.05) is 19.8 Å². The van der Waals surface area contributed by atoms with E-state index in [9.17, 15) is 0 Å². The average Bonchev–Trinajstić information content (AvgIpc) is 2.21. The van der Waals surface area contributed by atoms with E-state index in [0.29, 0.717) is 0 Å². The third-order valence-electron chi connectivity index (χ3n) is 3.22. The molecule has 0 aliphatic heterocycles. The molecule has 1 N–H and O–H groups in total. The first kappa shape index (κ1) is 12.0. The largest absolute Gasteiger partial charge is 0.385 e. The van der Waals surface area contributed by atoms with Crippen molar-refractivity contribution in [1.29, 1.82) is 0 Å². The second kappa shape index (κ2) is 7.24. The quantitative estimate of drug-likeness (QED) is 0.664. The molecule has 84 valence electrons. The number of nitrogens with one attached hydrogen (secondary N) is 1. The van der Waals surface area contributed by atoms with E-state index in [-0.39, 0.29) is 0 Å². The van der Waals surface area contributed by atoms with Crippen molar-refractivity contribution in [3.63, 3.8) is 0 Å². The van der Waals surface area contributed by atoms with Crippen LogP contribution in [0.15, 0.2) is 0 Å². The second-order valence-corrected chi connectivity index (χ2v) is 4.61. The summed E-state index contributed by atoms with van der Waals surface area (Å²) >= 11 is 0. The molecule has 0 bridgehead atoms. The van der Waals surface area contributed by atoms with E-state index in [1.165, 1.54) is 45.1 Å². The molecule has 0 aromatic heterocycles. The maximum Gasteiger partial charge on any atom is 0.0462 e. The molecular weight excluding hydrogens is 174 g/mol. The lowest BCUT2D eigenvalue weighted by atomic mass is 9.87. The van der Waals surface area contributed by atoms with Gasteiger partial charge in [0.15, 0.2) is 0 Å². The van der Waals surface area contributed by atoms with Gasteiger partial charge < -0.3 is 10.1 Å². The Labute approximate surface area is 88.4 Å². The molecule has 0 heterocycles. The number of rotatable bonds is 6. The van der Waals surface area contributed by atoms with Crippen molar-refractivity contribution in [3.8, 4) is 0 Å². The zero-order valence-corrected chi connectivity index (χ0v) is 9.72. The number of hydrogen-bond acceptors (Lipinski definition) is 2. The second-order valence-electron chi connectivity index (χ2n) is 4.61. The summed E-state index contributed by atoms with van der Waals surface area (Å²) in [5.41, 5.74) is 0. The lowest BCUT2D eigenvalue weighted by molar-refractivity contribution is 0.191. The highest BCUT2D eigenvalue weighted by Crippen LogP contribution is 2.23. The van der Waals surface area contributed by atoms with E-state index in [1.807, 2.05) is 0 Å². The van der Waals surface area contributed by atoms with Crippen LogP contribution in [-0.2, 0) is 4.74 Å². The van der Waals surface area contributed by atoms with Gasteiger partial charge in [0.1, 0.15) is 0 Å². The van der Waals surface area contributed by atoms with Crippen molar-refractivity contribution in [3.05, 3.63) is 0 Å². The average molecular weight is 199 g/mol. The van der Waals surface area contributed by atoms with E-state index in [1.54, 1.807) is 7.11 Å². The Hall–Kier alpha value is -0.0800. The summed E-state index contributed by atoms with van der Waals surface area (Å²) in [6.07, 6.45) is 8.02. The summed E-state index contributed by atoms with van der Waals surface area (Å²) in [4.78, 5) is 0. The maximum atomic E-state index is 5.02. The zero-order valence-electron chi connectivity index (χ0n) is 9.72. The van der Waals surface area contributed by atoms with Gasteiger partial charge >= 0.3 is 0 Å². The highest BCUT2D eigenvalue weighted by molar-refractivity contribution is 4.74. The first-order chi connectivity index (χ1) is 6.83.